The second-order valence-electron chi connectivity index (χ2n) is 7.44. The Hall–Kier alpha value is -2.86. The molecule has 2 aliphatic heterocycles. The van der Waals surface area contributed by atoms with Crippen molar-refractivity contribution >= 4 is 33.8 Å². The lowest BCUT2D eigenvalue weighted by Gasteiger charge is -2.32. The second-order valence-corrected chi connectivity index (χ2v) is 8.32. The summed E-state index contributed by atoms with van der Waals surface area (Å²) < 4.78 is 11.2. The number of likely N-dealkylation sites (tertiary alicyclic amines) is 1. The van der Waals surface area contributed by atoms with E-state index in [1.165, 1.54) is 11.3 Å². The Balaban J connectivity index is 1.38. The zero-order valence-corrected chi connectivity index (χ0v) is 16.7. The minimum Gasteiger partial charge on any atom is -0.485 e. The first kappa shape index (κ1) is 18.2. The van der Waals surface area contributed by atoms with E-state index in [-0.39, 0.29) is 17.6 Å². The molecular formula is C23H21NO4S. The van der Waals surface area contributed by atoms with Gasteiger partial charge in [0, 0.05) is 30.0 Å². The number of thiophene rings is 1. The van der Waals surface area contributed by atoms with Crippen molar-refractivity contribution in [1.29, 1.82) is 0 Å². The minimum atomic E-state index is -0.188. The predicted molar refractivity (Wildman–Crippen MR) is 112 cm³/mol. The van der Waals surface area contributed by atoms with Gasteiger partial charge in [0.2, 0.25) is 0 Å². The zero-order chi connectivity index (χ0) is 19.8. The van der Waals surface area contributed by atoms with Crippen molar-refractivity contribution in [2.24, 2.45) is 5.92 Å². The number of ketones is 1. The van der Waals surface area contributed by atoms with Crippen LogP contribution in [0.4, 0.5) is 0 Å². The summed E-state index contributed by atoms with van der Waals surface area (Å²) in [7, 11) is 0. The maximum absolute atomic E-state index is 13.3. The smallest absolute Gasteiger partial charge is 0.267 e. The molecule has 0 radical (unpaired) electrons. The summed E-state index contributed by atoms with van der Waals surface area (Å²) in [5, 5.41) is 3.86. The van der Waals surface area contributed by atoms with E-state index in [1.807, 2.05) is 47.8 Å². The lowest BCUT2D eigenvalue weighted by atomic mass is 9.88. The fourth-order valence-corrected chi connectivity index (χ4v) is 5.09. The first-order valence-electron chi connectivity index (χ1n) is 9.90. The first-order valence-corrected chi connectivity index (χ1v) is 10.8. The lowest BCUT2D eigenvalue weighted by Crippen LogP contribution is -2.42. The third-order valence-electron chi connectivity index (χ3n) is 5.63. The molecule has 6 heteroatoms. The van der Waals surface area contributed by atoms with Gasteiger partial charge >= 0.3 is 0 Å². The Bertz CT molecular complexity index is 1080. The molecule has 0 bridgehead atoms. The van der Waals surface area contributed by atoms with Gasteiger partial charge in [0.15, 0.2) is 17.3 Å². The number of carbonyl (C=O) groups excluding carboxylic acids is 2. The van der Waals surface area contributed by atoms with Crippen molar-refractivity contribution < 1.29 is 19.1 Å². The Kier molecular flexibility index (Phi) is 4.72. The molecule has 0 spiro atoms. The van der Waals surface area contributed by atoms with Crippen LogP contribution in [0.1, 0.15) is 32.9 Å². The largest absolute Gasteiger partial charge is 0.485 e. The summed E-state index contributed by atoms with van der Waals surface area (Å²) >= 11 is 1.35. The number of rotatable bonds is 3. The fourth-order valence-electron chi connectivity index (χ4n) is 4.19. The molecule has 1 fully saturated rings. The third kappa shape index (κ3) is 3.27. The summed E-state index contributed by atoms with van der Waals surface area (Å²) in [6.07, 6.45) is 1.62. The Morgan fingerprint density at radius 2 is 1.86 bits per heavy atom. The van der Waals surface area contributed by atoms with E-state index in [2.05, 4.69) is 0 Å². The third-order valence-corrected chi connectivity index (χ3v) is 6.56. The van der Waals surface area contributed by atoms with E-state index < -0.39 is 0 Å². The molecule has 1 atom stereocenters. The molecule has 2 aromatic carbocycles. The van der Waals surface area contributed by atoms with Gasteiger partial charge < -0.3 is 14.4 Å². The van der Waals surface area contributed by atoms with Crippen LogP contribution in [0.3, 0.4) is 0 Å². The van der Waals surface area contributed by atoms with Crippen molar-refractivity contribution in [3.8, 4) is 11.5 Å². The van der Waals surface area contributed by atoms with Gasteiger partial charge in [0.1, 0.15) is 18.1 Å². The highest BCUT2D eigenvalue weighted by atomic mass is 32.1. The molecule has 5 nitrogen and oxygen atoms in total. The van der Waals surface area contributed by atoms with Crippen LogP contribution >= 0.6 is 11.3 Å². The summed E-state index contributed by atoms with van der Waals surface area (Å²) in [5.41, 5.74) is 0.743. The van der Waals surface area contributed by atoms with Crippen LogP contribution in [0.15, 0.2) is 47.8 Å². The summed E-state index contributed by atoms with van der Waals surface area (Å²) in [5.74, 6) is 1.05. The molecule has 1 aromatic heterocycles. The second kappa shape index (κ2) is 7.52. The number of fused-ring (bicyclic) bond motifs is 2. The molecule has 3 heterocycles. The minimum absolute atomic E-state index is 0.0721. The van der Waals surface area contributed by atoms with E-state index in [4.69, 9.17) is 9.47 Å². The number of Topliss-reactive ketones (excluding diaryl/α,β-unsaturated/α-hetero) is 1. The molecule has 1 amide bonds. The summed E-state index contributed by atoms with van der Waals surface area (Å²) in [4.78, 5) is 28.8. The van der Waals surface area contributed by atoms with E-state index >= 15 is 0 Å². The van der Waals surface area contributed by atoms with Crippen LogP contribution in [-0.2, 0) is 0 Å². The molecule has 1 saturated heterocycles. The highest BCUT2D eigenvalue weighted by Gasteiger charge is 2.33. The monoisotopic (exact) mass is 407 g/mol. The van der Waals surface area contributed by atoms with Gasteiger partial charge in [-0.15, -0.1) is 11.3 Å². The molecule has 5 rings (SSSR count). The summed E-state index contributed by atoms with van der Waals surface area (Å²) in [6.45, 7) is 2.05. The van der Waals surface area contributed by atoms with Gasteiger partial charge in [-0.2, -0.15) is 0 Å². The van der Waals surface area contributed by atoms with Crippen molar-refractivity contribution in [3.63, 3.8) is 0 Å². The quantitative estimate of drug-likeness (QED) is 0.604. The number of hydrogen-bond donors (Lipinski definition) is 0. The molecule has 1 unspecified atom stereocenters. The van der Waals surface area contributed by atoms with E-state index in [1.54, 1.807) is 4.90 Å². The number of piperidine rings is 1. The topological polar surface area (TPSA) is 55.8 Å². The van der Waals surface area contributed by atoms with Gasteiger partial charge in [-0.1, -0.05) is 42.5 Å². The van der Waals surface area contributed by atoms with Gasteiger partial charge in [-0.25, -0.2) is 0 Å². The Morgan fingerprint density at radius 1 is 1.03 bits per heavy atom. The van der Waals surface area contributed by atoms with Crippen molar-refractivity contribution in [1.82, 2.24) is 4.90 Å². The van der Waals surface area contributed by atoms with Crippen LogP contribution in [-0.4, -0.2) is 42.9 Å². The Morgan fingerprint density at radius 3 is 2.79 bits per heavy atom. The maximum atomic E-state index is 13.3. The Labute approximate surface area is 172 Å². The number of carbonyl (C=O) groups is 2. The highest BCUT2D eigenvalue weighted by Crippen LogP contribution is 2.40. The molecule has 148 valence electrons. The maximum Gasteiger partial charge on any atom is 0.267 e. The number of benzene rings is 2. The van der Waals surface area contributed by atoms with Crippen LogP contribution in [0.5, 0.6) is 11.5 Å². The van der Waals surface area contributed by atoms with Crippen LogP contribution in [0.2, 0.25) is 0 Å². The zero-order valence-electron chi connectivity index (χ0n) is 15.9. The van der Waals surface area contributed by atoms with Crippen molar-refractivity contribution in [2.45, 2.75) is 12.8 Å². The van der Waals surface area contributed by atoms with Gasteiger partial charge in [-0.05, 0) is 23.6 Å². The predicted octanol–water partition coefficient (Wildman–Crippen LogP) is 4.41. The lowest BCUT2D eigenvalue weighted by molar-refractivity contribution is 0.0635. The number of ether oxygens (including phenoxy) is 2. The highest BCUT2D eigenvalue weighted by molar-refractivity contribution is 7.12. The molecular weight excluding hydrogens is 386 g/mol. The molecule has 3 aromatic rings. The van der Waals surface area contributed by atoms with Crippen LogP contribution in [0.25, 0.3) is 10.8 Å². The number of hydrogen-bond acceptors (Lipinski definition) is 5. The van der Waals surface area contributed by atoms with Gasteiger partial charge in [0.25, 0.3) is 5.91 Å². The van der Waals surface area contributed by atoms with Crippen LogP contribution < -0.4 is 9.47 Å². The number of nitrogens with zero attached hydrogens (tertiary/aromatic N) is 1. The van der Waals surface area contributed by atoms with E-state index in [0.717, 1.165) is 29.2 Å². The van der Waals surface area contributed by atoms with Crippen LogP contribution in [0, 0.1) is 5.92 Å². The van der Waals surface area contributed by atoms with Gasteiger partial charge in [0.05, 0.1) is 0 Å². The van der Waals surface area contributed by atoms with Crippen molar-refractivity contribution in [3.05, 3.63) is 58.3 Å². The molecule has 29 heavy (non-hydrogen) atoms. The number of amides is 1. The first-order chi connectivity index (χ1) is 14.2. The fraction of sp³-hybridized carbons (Fsp3) is 0.304. The molecule has 2 aliphatic rings. The van der Waals surface area contributed by atoms with E-state index in [9.17, 15) is 9.59 Å². The SMILES string of the molecule is O=C(c1cccc2ccccc12)C1CCCN(C(=O)c2scc3c2OCCO3)C1. The van der Waals surface area contributed by atoms with Gasteiger partial charge in [-0.3, -0.25) is 9.59 Å². The van der Waals surface area contributed by atoms with E-state index in [0.29, 0.717) is 42.7 Å². The standard InChI is InChI=1S/C23H21NO4S/c25-20(18-9-3-6-15-5-1-2-8-17(15)18)16-7-4-10-24(13-16)23(26)22-21-19(14-29-22)27-11-12-28-21/h1-3,5-6,8-9,14,16H,4,7,10-13H2. The van der Waals surface area contributed by atoms with Crippen molar-refractivity contribution in [2.75, 3.05) is 26.3 Å². The molecule has 0 saturated carbocycles. The summed E-state index contributed by atoms with van der Waals surface area (Å²) in [6, 6.07) is 13.8. The molecule has 0 N–H and O–H groups in total. The normalized spacial score (nSPS) is 18.6. The molecule has 0 aliphatic carbocycles. The average molecular weight is 407 g/mol. The average Bonchev–Trinajstić information content (AvgIpc) is 3.22.